The van der Waals surface area contributed by atoms with E-state index >= 15 is 0 Å². The lowest BCUT2D eigenvalue weighted by Crippen LogP contribution is -2.27. The predicted octanol–water partition coefficient (Wildman–Crippen LogP) is 3.53. The molecule has 1 fully saturated rings. The van der Waals surface area contributed by atoms with Gasteiger partial charge in [-0.2, -0.15) is 17.0 Å². The Balaban J connectivity index is 1.82. The number of pyridine rings is 1. The highest BCUT2D eigenvalue weighted by Crippen LogP contribution is 2.33. The maximum absolute atomic E-state index is 9.36. The molecule has 0 saturated heterocycles. The number of hydrogen-bond acceptors (Lipinski definition) is 4. The molecular weight excluding hydrogens is 266 g/mol. The van der Waals surface area contributed by atoms with Gasteiger partial charge < -0.3 is 5.32 Å². The van der Waals surface area contributed by atoms with Gasteiger partial charge in [0.05, 0.1) is 5.56 Å². The number of thioether (sulfide) groups is 1. The van der Waals surface area contributed by atoms with E-state index in [1.165, 1.54) is 36.9 Å². The van der Waals surface area contributed by atoms with Crippen molar-refractivity contribution >= 4 is 17.6 Å². The first-order chi connectivity index (χ1) is 9.81. The molecule has 2 aliphatic carbocycles. The maximum atomic E-state index is 9.36. The molecule has 1 aromatic heterocycles. The molecule has 0 radical (unpaired) electrons. The van der Waals surface area contributed by atoms with E-state index in [1.54, 1.807) is 0 Å². The Bertz CT molecular complexity index is 535. The maximum Gasteiger partial charge on any atom is 0.144 e. The third-order valence-corrected chi connectivity index (χ3v) is 5.65. The van der Waals surface area contributed by atoms with Crippen molar-refractivity contribution in [2.24, 2.45) is 0 Å². The van der Waals surface area contributed by atoms with Crippen molar-refractivity contribution in [2.75, 3.05) is 11.1 Å². The van der Waals surface area contributed by atoms with Gasteiger partial charge in [0, 0.05) is 17.0 Å². The molecule has 1 saturated carbocycles. The van der Waals surface area contributed by atoms with Gasteiger partial charge in [-0.1, -0.05) is 13.3 Å². The van der Waals surface area contributed by atoms with Crippen LogP contribution < -0.4 is 5.32 Å². The van der Waals surface area contributed by atoms with Crippen molar-refractivity contribution < 1.29 is 0 Å². The Labute approximate surface area is 125 Å². The highest BCUT2D eigenvalue weighted by molar-refractivity contribution is 7.99. The molecule has 0 aromatic carbocycles. The van der Waals surface area contributed by atoms with Gasteiger partial charge >= 0.3 is 0 Å². The van der Waals surface area contributed by atoms with Crippen molar-refractivity contribution in [3.05, 3.63) is 22.9 Å². The minimum atomic E-state index is 0.471. The summed E-state index contributed by atoms with van der Waals surface area (Å²) in [4.78, 5) is 4.74. The number of hydrogen-bond donors (Lipinski definition) is 1. The quantitative estimate of drug-likeness (QED) is 0.920. The number of fused-ring (bicyclic) bond motifs is 1. The fourth-order valence-corrected chi connectivity index (χ4v) is 4.55. The SMILES string of the molecule is CCSC1CCCC1Nc1nc2c(cc1C#N)CCC2. The molecule has 3 rings (SSSR count). The van der Waals surface area contributed by atoms with E-state index in [4.69, 9.17) is 4.98 Å². The van der Waals surface area contributed by atoms with E-state index in [9.17, 15) is 5.26 Å². The topological polar surface area (TPSA) is 48.7 Å². The zero-order valence-electron chi connectivity index (χ0n) is 12.0. The van der Waals surface area contributed by atoms with Gasteiger partial charge in [-0.3, -0.25) is 0 Å². The summed E-state index contributed by atoms with van der Waals surface area (Å²) >= 11 is 2.03. The lowest BCUT2D eigenvalue weighted by molar-refractivity contribution is 0.760. The largest absolute Gasteiger partial charge is 0.365 e. The summed E-state index contributed by atoms with van der Waals surface area (Å²) in [5, 5.41) is 13.6. The van der Waals surface area contributed by atoms with Crippen LogP contribution in [0.5, 0.6) is 0 Å². The molecule has 2 unspecified atom stereocenters. The summed E-state index contributed by atoms with van der Waals surface area (Å²) in [6, 6.07) is 4.84. The van der Waals surface area contributed by atoms with Crippen LogP contribution in [0.2, 0.25) is 0 Å². The lowest BCUT2D eigenvalue weighted by atomic mass is 10.1. The van der Waals surface area contributed by atoms with Gasteiger partial charge in [-0.05, 0) is 49.5 Å². The van der Waals surface area contributed by atoms with Crippen molar-refractivity contribution in [2.45, 2.75) is 56.7 Å². The normalized spacial score (nSPS) is 24.4. The van der Waals surface area contributed by atoms with Crippen LogP contribution in [0.1, 0.15) is 49.4 Å². The van der Waals surface area contributed by atoms with Gasteiger partial charge in [-0.15, -0.1) is 0 Å². The van der Waals surface area contributed by atoms with Crippen molar-refractivity contribution in [1.82, 2.24) is 4.98 Å². The van der Waals surface area contributed by atoms with Crippen LogP contribution in [0.15, 0.2) is 6.07 Å². The minimum Gasteiger partial charge on any atom is -0.365 e. The Kier molecular flexibility index (Phi) is 4.16. The Morgan fingerprint density at radius 1 is 1.40 bits per heavy atom. The summed E-state index contributed by atoms with van der Waals surface area (Å²) in [5.41, 5.74) is 3.19. The summed E-state index contributed by atoms with van der Waals surface area (Å²) in [5.74, 6) is 1.98. The molecule has 0 bridgehead atoms. The minimum absolute atomic E-state index is 0.471. The molecular formula is C16H21N3S. The third kappa shape index (κ3) is 2.64. The zero-order chi connectivity index (χ0) is 13.9. The summed E-state index contributed by atoms with van der Waals surface area (Å²) in [7, 11) is 0. The van der Waals surface area contributed by atoms with Crippen LogP contribution in [0, 0.1) is 11.3 Å². The van der Waals surface area contributed by atoms with Crippen molar-refractivity contribution in [3.8, 4) is 6.07 Å². The van der Waals surface area contributed by atoms with E-state index < -0.39 is 0 Å². The number of rotatable bonds is 4. The van der Waals surface area contributed by atoms with Gasteiger partial charge in [0.2, 0.25) is 0 Å². The number of nitrogens with one attached hydrogen (secondary N) is 1. The second-order valence-electron chi connectivity index (χ2n) is 5.63. The molecule has 1 N–H and O–H groups in total. The van der Waals surface area contributed by atoms with Crippen LogP contribution in [-0.4, -0.2) is 22.0 Å². The molecule has 1 heterocycles. The molecule has 2 atom stereocenters. The molecule has 0 amide bonds. The van der Waals surface area contributed by atoms with Gasteiger partial charge in [0.1, 0.15) is 11.9 Å². The molecule has 3 nitrogen and oxygen atoms in total. The van der Waals surface area contributed by atoms with Crippen molar-refractivity contribution in [1.29, 1.82) is 5.26 Å². The van der Waals surface area contributed by atoms with Crippen LogP contribution >= 0.6 is 11.8 Å². The van der Waals surface area contributed by atoms with E-state index in [-0.39, 0.29) is 0 Å². The van der Waals surface area contributed by atoms with Gasteiger partial charge in [0.25, 0.3) is 0 Å². The molecule has 1 aromatic rings. The molecule has 106 valence electrons. The van der Waals surface area contributed by atoms with Crippen molar-refractivity contribution in [3.63, 3.8) is 0 Å². The fraction of sp³-hybridized carbons (Fsp3) is 0.625. The van der Waals surface area contributed by atoms with Crippen LogP contribution in [0.25, 0.3) is 0 Å². The highest BCUT2D eigenvalue weighted by Gasteiger charge is 2.28. The first-order valence-corrected chi connectivity index (χ1v) is 8.67. The number of anilines is 1. The third-order valence-electron chi connectivity index (χ3n) is 4.33. The lowest BCUT2D eigenvalue weighted by Gasteiger charge is -2.21. The van der Waals surface area contributed by atoms with Gasteiger partial charge in [0.15, 0.2) is 0 Å². The first-order valence-electron chi connectivity index (χ1n) is 7.63. The van der Waals surface area contributed by atoms with E-state index in [0.717, 1.165) is 30.0 Å². The number of aromatic nitrogens is 1. The summed E-state index contributed by atoms with van der Waals surface area (Å²) < 4.78 is 0. The van der Waals surface area contributed by atoms with E-state index in [0.29, 0.717) is 11.3 Å². The molecule has 20 heavy (non-hydrogen) atoms. The first kappa shape index (κ1) is 13.8. The number of aryl methyl sites for hydroxylation is 2. The Hall–Kier alpha value is -1.21. The monoisotopic (exact) mass is 287 g/mol. The molecule has 0 aliphatic heterocycles. The van der Waals surface area contributed by atoms with E-state index in [1.807, 2.05) is 11.8 Å². The average molecular weight is 287 g/mol. The predicted molar refractivity (Wildman–Crippen MR) is 84.2 cm³/mol. The highest BCUT2D eigenvalue weighted by atomic mass is 32.2. The van der Waals surface area contributed by atoms with E-state index in [2.05, 4.69) is 24.4 Å². The van der Waals surface area contributed by atoms with Gasteiger partial charge in [-0.25, -0.2) is 4.98 Å². The molecule has 4 heteroatoms. The second-order valence-corrected chi connectivity index (χ2v) is 7.15. The fourth-order valence-electron chi connectivity index (χ4n) is 3.35. The molecule has 2 aliphatic rings. The Morgan fingerprint density at radius 3 is 3.10 bits per heavy atom. The number of nitrogens with zero attached hydrogens (tertiary/aromatic N) is 2. The van der Waals surface area contributed by atoms with Crippen LogP contribution in [0.4, 0.5) is 5.82 Å². The van der Waals surface area contributed by atoms with Crippen LogP contribution in [-0.2, 0) is 12.8 Å². The zero-order valence-corrected chi connectivity index (χ0v) is 12.8. The summed E-state index contributed by atoms with van der Waals surface area (Å²) in [6.07, 6.45) is 7.07. The average Bonchev–Trinajstić information content (AvgIpc) is 3.07. The Morgan fingerprint density at radius 2 is 2.30 bits per heavy atom. The second kappa shape index (κ2) is 6.05. The van der Waals surface area contributed by atoms with Crippen LogP contribution in [0.3, 0.4) is 0 Å². The summed E-state index contributed by atoms with van der Waals surface area (Å²) in [6.45, 7) is 2.22. The molecule has 0 spiro atoms. The smallest absolute Gasteiger partial charge is 0.144 e. The standard InChI is InChI=1S/C16H21N3S/c1-2-20-15-8-4-7-14(15)19-16-12(10-17)9-11-5-3-6-13(11)18-16/h9,14-15H,2-8H2,1H3,(H,18,19). The number of nitriles is 1.